The van der Waals surface area contributed by atoms with Crippen LogP contribution in [0.25, 0.3) is 0 Å². The second-order valence-corrected chi connectivity index (χ2v) is 11.2. The van der Waals surface area contributed by atoms with Gasteiger partial charge in [0.25, 0.3) is 0 Å². The number of amides is 4. The molecule has 0 saturated heterocycles. The van der Waals surface area contributed by atoms with Crippen LogP contribution < -0.4 is 21.3 Å². The van der Waals surface area contributed by atoms with E-state index in [1.165, 1.54) is 0 Å². The fourth-order valence-electron chi connectivity index (χ4n) is 4.60. The molecule has 4 N–H and O–H groups in total. The molecule has 0 heterocycles. The van der Waals surface area contributed by atoms with Crippen molar-refractivity contribution in [2.24, 2.45) is 15.8 Å². The van der Waals surface area contributed by atoms with E-state index in [9.17, 15) is 29.0 Å². The highest BCUT2D eigenvalue weighted by Gasteiger charge is 2.34. The molecule has 15 nitrogen and oxygen atoms in total. The van der Waals surface area contributed by atoms with Gasteiger partial charge in [0.15, 0.2) is 0 Å². The van der Waals surface area contributed by atoms with Crippen LogP contribution in [0.1, 0.15) is 46.7 Å². The van der Waals surface area contributed by atoms with Gasteiger partial charge in [-0.1, -0.05) is 90.1 Å². The number of nitrogens with one attached hydrogen (secondary N) is 4. The first-order valence-corrected chi connectivity index (χ1v) is 15.5. The lowest BCUT2D eigenvalue weighted by molar-refractivity contribution is -0.109. The lowest BCUT2D eigenvalue weighted by atomic mass is 9.88. The molecule has 0 bridgehead atoms. The third-order valence-corrected chi connectivity index (χ3v) is 7.45. The Morgan fingerprint density at radius 2 is 0.959 bits per heavy atom. The largest absolute Gasteiger partial charge is 0.449 e. The fourth-order valence-corrected chi connectivity index (χ4v) is 4.60. The SMILES string of the molecule is CCC(COC(=O)NCc1cccc(CN=O)c1)(COC(=O)NCc1cccc(CN=O)c1)COC(=O)NCc1cccc(CNC=O)c1. The normalized spacial score (nSPS) is 10.6. The summed E-state index contributed by atoms with van der Waals surface area (Å²) in [5.41, 5.74) is 3.41. The van der Waals surface area contributed by atoms with Crippen molar-refractivity contribution in [3.8, 4) is 0 Å². The van der Waals surface area contributed by atoms with E-state index in [0.717, 1.165) is 22.3 Å². The number of rotatable bonds is 20. The molecule has 0 radical (unpaired) electrons. The summed E-state index contributed by atoms with van der Waals surface area (Å²) in [5, 5.41) is 16.3. The van der Waals surface area contributed by atoms with Gasteiger partial charge in [0.05, 0.1) is 5.41 Å². The zero-order valence-corrected chi connectivity index (χ0v) is 27.1. The predicted molar refractivity (Wildman–Crippen MR) is 179 cm³/mol. The van der Waals surface area contributed by atoms with Crippen LogP contribution in [0.4, 0.5) is 14.4 Å². The molecule has 0 aromatic heterocycles. The minimum atomic E-state index is -1.10. The number of nitroso groups, excluding NO2 is 2. The van der Waals surface area contributed by atoms with Crippen molar-refractivity contribution in [2.45, 2.75) is 52.6 Å². The molecule has 0 spiro atoms. The molecule has 4 amide bonds. The smallest absolute Gasteiger partial charge is 0.407 e. The average molecular weight is 677 g/mol. The summed E-state index contributed by atoms with van der Waals surface area (Å²) in [7, 11) is 0. The maximum absolute atomic E-state index is 12.7. The van der Waals surface area contributed by atoms with Gasteiger partial charge in [0.2, 0.25) is 6.41 Å². The van der Waals surface area contributed by atoms with Crippen molar-refractivity contribution in [1.29, 1.82) is 0 Å². The van der Waals surface area contributed by atoms with E-state index >= 15 is 0 Å². The predicted octanol–water partition coefficient (Wildman–Crippen LogP) is 4.94. The van der Waals surface area contributed by atoms with Gasteiger partial charge in [-0.2, -0.15) is 9.81 Å². The van der Waals surface area contributed by atoms with E-state index in [0.29, 0.717) is 30.5 Å². The quantitative estimate of drug-likeness (QED) is 0.0726. The Balaban J connectivity index is 1.60. The van der Waals surface area contributed by atoms with Crippen molar-refractivity contribution in [1.82, 2.24) is 21.3 Å². The molecule has 3 rings (SSSR count). The maximum atomic E-state index is 12.7. The monoisotopic (exact) mass is 676 g/mol. The van der Waals surface area contributed by atoms with E-state index in [-0.39, 0.29) is 52.5 Å². The van der Waals surface area contributed by atoms with Crippen molar-refractivity contribution >= 4 is 24.7 Å². The second kappa shape index (κ2) is 20.4. The van der Waals surface area contributed by atoms with Crippen LogP contribution in [-0.4, -0.2) is 44.5 Å². The van der Waals surface area contributed by atoms with Crippen LogP contribution in [-0.2, 0) is 58.3 Å². The van der Waals surface area contributed by atoms with Gasteiger partial charge in [0.1, 0.15) is 32.9 Å². The van der Waals surface area contributed by atoms with Gasteiger partial charge >= 0.3 is 18.3 Å². The Kier molecular flexibility index (Phi) is 15.6. The van der Waals surface area contributed by atoms with Crippen LogP contribution >= 0.6 is 0 Å². The van der Waals surface area contributed by atoms with Crippen LogP contribution in [0.15, 0.2) is 83.2 Å². The molecule has 0 saturated carbocycles. The number of carbonyl (C=O) groups excluding carboxylic acids is 4. The highest BCUT2D eigenvalue weighted by molar-refractivity contribution is 5.68. The molecule has 0 atom stereocenters. The number of benzene rings is 3. The first-order valence-electron chi connectivity index (χ1n) is 15.5. The van der Waals surface area contributed by atoms with Crippen molar-refractivity contribution in [3.63, 3.8) is 0 Å². The minimum Gasteiger partial charge on any atom is -0.449 e. The molecule has 0 aliphatic carbocycles. The van der Waals surface area contributed by atoms with Crippen molar-refractivity contribution in [3.05, 3.63) is 116 Å². The van der Waals surface area contributed by atoms with E-state index in [1.54, 1.807) is 61.5 Å². The molecule has 3 aromatic rings. The summed E-state index contributed by atoms with van der Waals surface area (Å²) in [6.07, 6.45) is -1.34. The highest BCUT2D eigenvalue weighted by Crippen LogP contribution is 2.24. The molecule has 3 aromatic carbocycles. The van der Waals surface area contributed by atoms with Gasteiger partial charge in [-0.3, -0.25) is 4.79 Å². The number of carbonyl (C=O) groups is 4. The Morgan fingerprint density at radius 1 is 0.612 bits per heavy atom. The van der Waals surface area contributed by atoms with Crippen LogP contribution in [0.3, 0.4) is 0 Å². The Bertz CT molecular complexity index is 1490. The van der Waals surface area contributed by atoms with E-state index in [1.807, 2.05) is 18.2 Å². The van der Waals surface area contributed by atoms with Crippen LogP contribution in [0.5, 0.6) is 0 Å². The summed E-state index contributed by atoms with van der Waals surface area (Å²) in [4.78, 5) is 69.8. The van der Waals surface area contributed by atoms with Gasteiger partial charge in [-0.05, 0) is 39.8 Å². The zero-order chi connectivity index (χ0) is 35.3. The van der Waals surface area contributed by atoms with Crippen molar-refractivity contribution in [2.75, 3.05) is 19.8 Å². The molecular weight excluding hydrogens is 636 g/mol. The number of ether oxygens (including phenoxy) is 3. The van der Waals surface area contributed by atoms with Crippen LogP contribution in [0.2, 0.25) is 0 Å². The fraction of sp³-hybridized carbons (Fsp3) is 0.353. The topological polar surface area (TPSA) is 203 Å². The third kappa shape index (κ3) is 13.8. The van der Waals surface area contributed by atoms with Gasteiger partial charge < -0.3 is 35.5 Å². The molecule has 0 unspecified atom stereocenters. The third-order valence-electron chi connectivity index (χ3n) is 7.45. The van der Waals surface area contributed by atoms with Crippen LogP contribution in [0, 0.1) is 15.2 Å². The Morgan fingerprint density at radius 3 is 1.31 bits per heavy atom. The summed E-state index contributed by atoms with van der Waals surface area (Å²) < 4.78 is 16.5. The average Bonchev–Trinajstić information content (AvgIpc) is 3.12. The Labute approximate surface area is 283 Å². The summed E-state index contributed by atoms with van der Waals surface area (Å²) >= 11 is 0. The lowest BCUT2D eigenvalue weighted by Crippen LogP contribution is -2.42. The number of hydrogen-bond acceptors (Lipinski definition) is 11. The molecule has 0 aliphatic rings. The molecule has 260 valence electrons. The van der Waals surface area contributed by atoms with E-state index in [2.05, 4.69) is 31.6 Å². The first kappa shape index (κ1) is 37.6. The Hall–Kier alpha value is -5.86. The summed E-state index contributed by atoms with van der Waals surface area (Å²) in [6.45, 7) is 1.78. The molecule has 0 aliphatic heterocycles. The van der Waals surface area contributed by atoms with Crippen molar-refractivity contribution < 1.29 is 33.4 Å². The molecular formula is C34H40N6O9. The van der Waals surface area contributed by atoms with Gasteiger partial charge in [-0.15, -0.1) is 0 Å². The molecule has 15 heteroatoms. The maximum Gasteiger partial charge on any atom is 0.407 e. The summed E-state index contributed by atoms with van der Waals surface area (Å²) in [5.74, 6) is 0. The van der Waals surface area contributed by atoms with Gasteiger partial charge in [0, 0.05) is 26.2 Å². The van der Waals surface area contributed by atoms with E-state index in [4.69, 9.17) is 14.2 Å². The highest BCUT2D eigenvalue weighted by atomic mass is 16.6. The van der Waals surface area contributed by atoms with Gasteiger partial charge in [-0.25, -0.2) is 14.4 Å². The molecule has 0 fully saturated rings. The number of hydrogen-bond donors (Lipinski definition) is 4. The molecule has 49 heavy (non-hydrogen) atoms. The zero-order valence-electron chi connectivity index (χ0n) is 27.1. The number of nitrogens with zero attached hydrogens (tertiary/aromatic N) is 2. The second-order valence-electron chi connectivity index (χ2n) is 11.2. The lowest BCUT2D eigenvalue weighted by Gasteiger charge is -2.31. The number of alkyl carbamates (subject to hydrolysis) is 3. The minimum absolute atomic E-state index is 0.00770. The van der Waals surface area contributed by atoms with E-state index < -0.39 is 23.7 Å². The standard InChI is InChI=1S/C34H40N6O9/c1-2-34(22-48-32(43)37-17-27-8-4-10-29(13-27)19-39-45,23-49-33(44)38-18-28-9-5-11-30(14-28)20-40-46)21-47-31(42)36-16-26-7-3-6-25(12-26)15-35-24-41/h3-14,24H,2,15-23H2,1H3,(H,35,41)(H,36,42)(H,37,43)(H,38,44). The summed E-state index contributed by atoms with van der Waals surface area (Å²) in [6, 6.07) is 21.3. The first-order chi connectivity index (χ1) is 23.8.